The molecular weight excluding hydrogens is 448 g/mol. The summed E-state index contributed by atoms with van der Waals surface area (Å²) < 4.78 is 12.8. The Kier molecular flexibility index (Phi) is 7.51. The van der Waals surface area contributed by atoms with Gasteiger partial charge in [-0.1, -0.05) is 26.0 Å². The van der Waals surface area contributed by atoms with E-state index < -0.39 is 0 Å². The van der Waals surface area contributed by atoms with Crippen LogP contribution >= 0.6 is 31.9 Å². The van der Waals surface area contributed by atoms with Crippen molar-refractivity contribution in [1.82, 2.24) is 0 Å². The van der Waals surface area contributed by atoms with Crippen molar-refractivity contribution in [2.45, 2.75) is 39.5 Å². The van der Waals surface area contributed by atoms with E-state index in [1.165, 1.54) is 5.56 Å². The molecule has 25 heavy (non-hydrogen) atoms. The number of benzene rings is 2. The van der Waals surface area contributed by atoms with Crippen LogP contribution in [0.5, 0.6) is 11.5 Å². The first-order valence-corrected chi connectivity index (χ1v) is 9.84. The van der Waals surface area contributed by atoms with Gasteiger partial charge >= 0.3 is 5.97 Å². The summed E-state index contributed by atoms with van der Waals surface area (Å²) in [4.78, 5) is 11.9. The van der Waals surface area contributed by atoms with E-state index in [2.05, 4.69) is 57.8 Å². The second-order valence-electron chi connectivity index (χ2n) is 6.20. The summed E-state index contributed by atoms with van der Waals surface area (Å²) >= 11 is 6.94. The Bertz CT molecular complexity index is 742. The second kappa shape index (κ2) is 9.39. The van der Waals surface area contributed by atoms with Crippen molar-refractivity contribution in [2.24, 2.45) is 0 Å². The fraction of sp³-hybridized carbons (Fsp3) is 0.350. The molecule has 2 rings (SSSR count). The summed E-state index contributed by atoms with van der Waals surface area (Å²) in [5.41, 5.74) is 2.36. The molecule has 0 spiro atoms. The van der Waals surface area contributed by atoms with Gasteiger partial charge in [0.25, 0.3) is 0 Å². The molecule has 2 aromatic carbocycles. The van der Waals surface area contributed by atoms with Crippen molar-refractivity contribution in [2.75, 3.05) is 6.61 Å². The van der Waals surface area contributed by atoms with Crippen LogP contribution in [0.1, 0.15) is 43.7 Å². The summed E-state index contributed by atoms with van der Waals surface area (Å²) in [6, 6.07) is 11.7. The van der Waals surface area contributed by atoms with Gasteiger partial charge in [-0.05, 0) is 86.5 Å². The first-order valence-electron chi connectivity index (χ1n) is 8.26. The van der Waals surface area contributed by atoms with E-state index in [1.54, 1.807) is 6.07 Å². The zero-order valence-electron chi connectivity index (χ0n) is 14.6. The molecule has 2 aromatic rings. The molecular formula is C20H22Br2O3. The molecule has 0 atom stereocenters. The van der Waals surface area contributed by atoms with Crippen molar-refractivity contribution in [3.05, 3.63) is 56.5 Å². The molecule has 0 aliphatic carbocycles. The number of esters is 1. The number of rotatable bonds is 7. The molecule has 0 aromatic heterocycles. The van der Waals surface area contributed by atoms with Crippen LogP contribution in [0.4, 0.5) is 0 Å². The number of carbonyl (C=O) groups excluding carboxylic acids is 1. The number of ether oxygens (including phenoxy) is 2. The van der Waals surface area contributed by atoms with E-state index in [4.69, 9.17) is 9.47 Å². The molecule has 0 N–H and O–H groups in total. The molecule has 0 radical (unpaired) electrons. The third-order valence-electron chi connectivity index (χ3n) is 3.72. The maximum atomic E-state index is 11.9. The lowest BCUT2D eigenvalue weighted by molar-refractivity contribution is -0.134. The molecule has 0 amide bonds. The molecule has 0 saturated carbocycles. The Morgan fingerprint density at radius 2 is 1.72 bits per heavy atom. The van der Waals surface area contributed by atoms with Crippen LogP contribution in [-0.4, -0.2) is 12.6 Å². The third-order valence-corrected chi connectivity index (χ3v) is 4.96. The van der Waals surface area contributed by atoms with Crippen molar-refractivity contribution in [3.63, 3.8) is 0 Å². The predicted molar refractivity (Wildman–Crippen MR) is 107 cm³/mol. The van der Waals surface area contributed by atoms with Crippen LogP contribution in [-0.2, 0) is 4.79 Å². The van der Waals surface area contributed by atoms with Crippen molar-refractivity contribution in [1.29, 1.82) is 0 Å². The molecule has 0 aliphatic heterocycles. The lowest BCUT2D eigenvalue weighted by Gasteiger charge is -2.11. The van der Waals surface area contributed by atoms with Gasteiger partial charge in [-0.3, -0.25) is 4.79 Å². The van der Waals surface area contributed by atoms with Gasteiger partial charge in [0, 0.05) is 6.42 Å². The van der Waals surface area contributed by atoms with Crippen LogP contribution in [0, 0.1) is 6.92 Å². The Morgan fingerprint density at radius 3 is 2.36 bits per heavy atom. The normalized spacial score (nSPS) is 10.8. The highest BCUT2D eigenvalue weighted by molar-refractivity contribution is 9.10. The van der Waals surface area contributed by atoms with Gasteiger partial charge in [0.2, 0.25) is 0 Å². The first-order chi connectivity index (χ1) is 11.9. The van der Waals surface area contributed by atoms with Crippen LogP contribution in [0.15, 0.2) is 45.3 Å². The summed E-state index contributed by atoms with van der Waals surface area (Å²) in [5.74, 6) is 1.55. The topological polar surface area (TPSA) is 35.5 Å². The molecule has 0 heterocycles. The Hall–Kier alpha value is -1.33. The predicted octanol–water partition coefficient (Wildman–Crippen LogP) is 6.41. The quantitative estimate of drug-likeness (QED) is 0.267. The molecule has 3 nitrogen and oxygen atoms in total. The Labute approximate surface area is 166 Å². The van der Waals surface area contributed by atoms with Crippen molar-refractivity contribution in [3.8, 4) is 11.5 Å². The average Bonchev–Trinajstić information content (AvgIpc) is 2.55. The van der Waals surface area contributed by atoms with E-state index in [1.807, 2.05) is 25.1 Å². The van der Waals surface area contributed by atoms with Gasteiger partial charge < -0.3 is 9.47 Å². The molecule has 5 heteroatoms. The standard InChI is InChI=1S/C20H22Br2O3/c1-13(2)15-7-9-18(17(22)12-15)24-10-4-5-20(23)25-19-8-6-14(3)11-16(19)21/h6-9,11-13H,4-5,10H2,1-3H3. The van der Waals surface area contributed by atoms with Gasteiger partial charge in [-0.25, -0.2) is 0 Å². The number of hydrogen-bond acceptors (Lipinski definition) is 3. The van der Waals surface area contributed by atoms with Crippen molar-refractivity contribution >= 4 is 37.8 Å². The minimum Gasteiger partial charge on any atom is -0.492 e. The monoisotopic (exact) mass is 468 g/mol. The van der Waals surface area contributed by atoms with Gasteiger partial charge in [-0.2, -0.15) is 0 Å². The molecule has 0 fully saturated rings. The van der Waals surface area contributed by atoms with Crippen LogP contribution in [0.2, 0.25) is 0 Å². The van der Waals surface area contributed by atoms with E-state index in [0.29, 0.717) is 31.1 Å². The average molecular weight is 470 g/mol. The lowest BCUT2D eigenvalue weighted by Crippen LogP contribution is -2.10. The van der Waals surface area contributed by atoms with Crippen molar-refractivity contribution < 1.29 is 14.3 Å². The first kappa shape index (κ1) is 20.0. The van der Waals surface area contributed by atoms with E-state index in [0.717, 1.165) is 20.3 Å². The fourth-order valence-electron chi connectivity index (χ4n) is 2.25. The maximum absolute atomic E-state index is 11.9. The van der Waals surface area contributed by atoms with Crippen LogP contribution in [0.3, 0.4) is 0 Å². The number of halogens is 2. The Balaban J connectivity index is 1.78. The van der Waals surface area contributed by atoms with Crippen LogP contribution in [0.25, 0.3) is 0 Å². The molecule has 0 bridgehead atoms. The van der Waals surface area contributed by atoms with Gasteiger partial charge in [0.05, 0.1) is 15.6 Å². The summed E-state index contributed by atoms with van der Waals surface area (Å²) in [6.07, 6.45) is 0.905. The molecule has 0 unspecified atom stereocenters. The summed E-state index contributed by atoms with van der Waals surface area (Å²) in [7, 11) is 0. The van der Waals surface area contributed by atoms with E-state index in [9.17, 15) is 4.79 Å². The highest BCUT2D eigenvalue weighted by Gasteiger charge is 2.09. The molecule has 0 aliphatic rings. The molecule has 0 saturated heterocycles. The zero-order chi connectivity index (χ0) is 18.4. The third kappa shape index (κ3) is 6.15. The fourth-order valence-corrected chi connectivity index (χ4v) is 3.34. The molecule has 134 valence electrons. The Morgan fingerprint density at radius 1 is 1.04 bits per heavy atom. The minimum absolute atomic E-state index is 0.262. The largest absolute Gasteiger partial charge is 0.492 e. The van der Waals surface area contributed by atoms with Gasteiger partial charge in [0.15, 0.2) is 0 Å². The maximum Gasteiger partial charge on any atom is 0.311 e. The SMILES string of the molecule is Cc1ccc(OC(=O)CCCOc2ccc(C(C)C)cc2Br)c(Br)c1. The summed E-state index contributed by atoms with van der Waals surface area (Å²) in [6.45, 7) is 6.75. The van der Waals surface area contributed by atoms with Gasteiger partial charge in [-0.15, -0.1) is 0 Å². The second-order valence-corrected chi connectivity index (χ2v) is 7.91. The van der Waals surface area contributed by atoms with Gasteiger partial charge in [0.1, 0.15) is 11.5 Å². The minimum atomic E-state index is -0.262. The number of aryl methyl sites for hydroxylation is 1. The zero-order valence-corrected chi connectivity index (χ0v) is 17.8. The summed E-state index contributed by atoms with van der Waals surface area (Å²) in [5, 5.41) is 0. The lowest BCUT2D eigenvalue weighted by atomic mass is 10.0. The smallest absolute Gasteiger partial charge is 0.311 e. The van der Waals surface area contributed by atoms with E-state index >= 15 is 0 Å². The number of carbonyl (C=O) groups is 1. The van der Waals surface area contributed by atoms with Crippen LogP contribution < -0.4 is 9.47 Å². The van der Waals surface area contributed by atoms with E-state index in [-0.39, 0.29) is 5.97 Å². The highest BCUT2D eigenvalue weighted by atomic mass is 79.9. The number of hydrogen-bond donors (Lipinski definition) is 0. The highest BCUT2D eigenvalue weighted by Crippen LogP contribution is 2.29.